The summed E-state index contributed by atoms with van der Waals surface area (Å²) in [5, 5.41) is 8.80. The van der Waals surface area contributed by atoms with Crippen LogP contribution in [0.4, 0.5) is 0 Å². The molecule has 0 aliphatic carbocycles. The Morgan fingerprint density at radius 3 is 2.93 bits per heavy atom. The van der Waals surface area contributed by atoms with Crippen molar-refractivity contribution in [1.82, 2.24) is 4.98 Å². The first kappa shape index (κ1) is 9.66. The second kappa shape index (κ2) is 3.35. The van der Waals surface area contributed by atoms with Gasteiger partial charge < -0.3 is 10.1 Å². The molecule has 2 heterocycles. The molecular formula is C8H4INO3S. The van der Waals surface area contributed by atoms with Crippen LogP contribution in [-0.4, -0.2) is 22.3 Å². The first-order chi connectivity index (χ1) is 6.63. The van der Waals surface area contributed by atoms with Gasteiger partial charge in [0.2, 0.25) is 0 Å². The normalized spacial score (nSPS) is 10.6. The number of aromatic carboxylic acids is 1. The molecule has 0 fully saturated rings. The van der Waals surface area contributed by atoms with Crippen LogP contribution >= 0.6 is 33.9 Å². The van der Waals surface area contributed by atoms with Crippen molar-refractivity contribution in [3.05, 3.63) is 20.2 Å². The van der Waals surface area contributed by atoms with Crippen LogP contribution < -0.4 is 0 Å². The molecule has 0 spiro atoms. The number of carboxylic acid groups (broad SMARTS) is 1. The topological polar surface area (TPSA) is 70.2 Å². The zero-order valence-corrected chi connectivity index (χ0v) is 9.68. The van der Waals surface area contributed by atoms with Gasteiger partial charge in [-0.3, -0.25) is 4.79 Å². The second-order valence-corrected chi connectivity index (χ2v) is 5.58. The van der Waals surface area contributed by atoms with Crippen molar-refractivity contribution in [2.24, 2.45) is 0 Å². The van der Waals surface area contributed by atoms with Gasteiger partial charge in [0, 0.05) is 0 Å². The summed E-state index contributed by atoms with van der Waals surface area (Å²) in [5.41, 5.74) is 0.914. The van der Waals surface area contributed by atoms with E-state index in [4.69, 9.17) is 5.11 Å². The van der Waals surface area contributed by atoms with E-state index < -0.39 is 5.97 Å². The van der Waals surface area contributed by atoms with Crippen molar-refractivity contribution >= 4 is 56.4 Å². The van der Waals surface area contributed by atoms with E-state index in [2.05, 4.69) is 27.6 Å². The predicted molar refractivity (Wildman–Crippen MR) is 61.2 cm³/mol. The molecule has 72 valence electrons. The fourth-order valence-electron chi connectivity index (χ4n) is 1.25. The highest BCUT2D eigenvalue weighted by atomic mass is 127. The monoisotopic (exact) mass is 321 g/mol. The fraction of sp³-hybridized carbons (Fsp3) is 0. The van der Waals surface area contributed by atoms with E-state index in [9.17, 15) is 9.59 Å². The van der Waals surface area contributed by atoms with Crippen molar-refractivity contribution < 1.29 is 14.7 Å². The standard InChI is InChI=1S/C8H4INO3S/c9-5-1-4-7(14-5)3(2-11)6(10-4)8(12)13/h1-2,10H,(H,12,13). The number of hydrogen-bond acceptors (Lipinski definition) is 3. The summed E-state index contributed by atoms with van der Waals surface area (Å²) in [5.74, 6) is -1.11. The number of aromatic amines is 1. The first-order valence-electron chi connectivity index (χ1n) is 3.63. The van der Waals surface area contributed by atoms with Gasteiger partial charge in [-0.05, 0) is 28.7 Å². The molecule has 14 heavy (non-hydrogen) atoms. The summed E-state index contributed by atoms with van der Waals surface area (Å²) < 4.78 is 1.73. The van der Waals surface area contributed by atoms with Crippen LogP contribution in [0, 0.1) is 2.88 Å². The Labute approximate surface area is 96.1 Å². The Morgan fingerprint density at radius 2 is 2.36 bits per heavy atom. The third-order valence-corrected chi connectivity index (χ3v) is 3.74. The van der Waals surface area contributed by atoms with E-state index >= 15 is 0 Å². The number of nitrogens with one attached hydrogen (secondary N) is 1. The molecule has 6 heteroatoms. The molecule has 0 amide bonds. The maximum absolute atomic E-state index is 10.7. The number of hydrogen-bond donors (Lipinski definition) is 2. The van der Waals surface area contributed by atoms with Gasteiger partial charge in [-0.25, -0.2) is 4.79 Å². The Morgan fingerprint density at radius 1 is 1.64 bits per heavy atom. The maximum Gasteiger partial charge on any atom is 0.353 e. The third-order valence-electron chi connectivity index (χ3n) is 1.81. The predicted octanol–water partition coefficient (Wildman–Crippen LogP) is 2.34. The van der Waals surface area contributed by atoms with Crippen LogP contribution in [-0.2, 0) is 0 Å². The highest BCUT2D eigenvalue weighted by Gasteiger charge is 2.18. The average molecular weight is 321 g/mol. The molecule has 0 radical (unpaired) electrons. The van der Waals surface area contributed by atoms with Crippen LogP contribution in [0.5, 0.6) is 0 Å². The smallest absolute Gasteiger partial charge is 0.353 e. The first-order valence-corrected chi connectivity index (χ1v) is 5.52. The molecule has 0 atom stereocenters. The molecule has 2 aromatic rings. The summed E-state index contributed by atoms with van der Waals surface area (Å²) in [6.45, 7) is 0. The maximum atomic E-state index is 10.7. The van der Waals surface area contributed by atoms with Crippen LogP contribution in [0.1, 0.15) is 20.8 Å². The summed E-state index contributed by atoms with van der Waals surface area (Å²) in [7, 11) is 0. The zero-order chi connectivity index (χ0) is 10.3. The number of halogens is 1. The largest absolute Gasteiger partial charge is 0.477 e. The second-order valence-electron chi connectivity index (χ2n) is 2.63. The fourth-order valence-corrected chi connectivity index (χ4v) is 3.07. The third kappa shape index (κ3) is 1.34. The highest BCUT2D eigenvalue weighted by Crippen LogP contribution is 2.30. The van der Waals surface area contributed by atoms with E-state index in [-0.39, 0.29) is 11.3 Å². The zero-order valence-electron chi connectivity index (χ0n) is 6.70. The van der Waals surface area contributed by atoms with Crippen molar-refractivity contribution in [3.8, 4) is 0 Å². The quantitative estimate of drug-likeness (QED) is 0.659. The van der Waals surface area contributed by atoms with E-state index in [0.29, 0.717) is 16.5 Å². The van der Waals surface area contributed by atoms with Gasteiger partial charge in [0.15, 0.2) is 6.29 Å². The molecule has 0 aromatic carbocycles. The summed E-state index contributed by atoms with van der Waals surface area (Å²) >= 11 is 3.53. The van der Waals surface area contributed by atoms with Crippen molar-refractivity contribution in [2.45, 2.75) is 0 Å². The molecule has 0 saturated carbocycles. The number of rotatable bonds is 2. The number of aldehydes is 1. The number of carboxylic acids is 1. The molecular weight excluding hydrogens is 317 g/mol. The Kier molecular flexibility index (Phi) is 2.31. The van der Waals surface area contributed by atoms with Crippen molar-refractivity contribution in [2.75, 3.05) is 0 Å². The van der Waals surface area contributed by atoms with Gasteiger partial charge >= 0.3 is 5.97 Å². The number of thiophene rings is 1. The molecule has 4 nitrogen and oxygen atoms in total. The van der Waals surface area contributed by atoms with Crippen LogP contribution in [0.25, 0.3) is 10.2 Å². The summed E-state index contributed by atoms with van der Waals surface area (Å²) in [6, 6.07) is 1.82. The van der Waals surface area contributed by atoms with Gasteiger partial charge in [0.25, 0.3) is 0 Å². The molecule has 2 N–H and O–H groups in total. The van der Waals surface area contributed by atoms with Crippen LogP contribution in [0.2, 0.25) is 0 Å². The number of carbonyl (C=O) groups excluding carboxylic acids is 1. The Balaban J connectivity index is 2.81. The van der Waals surface area contributed by atoms with E-state index in [0.717, 1.165) is 2.88 Å². The molecule has 0 saturated heterocycles. The van der Waals surface area contributed by atoms with Crippen LogP contribution in [0.3, 0.4) is 0 Å². The molecule has 2 rings (SSSR count). The number of carbonyl (C=O) groups is 2. The summed E-state index contributed by atoms with van der Waals surface area (Å²) in [6.07, 6.45) is 0.578. The lowest BCUT2D eigenvalue weighted by Gasteiger charge is -1.88. The molecule has 0 aliphatic heterocycles. The number of fused-ring (bicyclic) bond motifs is 1. The van der Waals surface area contributed by atoms with E-state index in [1.165, 1.54) is 11.3 Å². The number of aromatic nitrogens is 1. The van der Waals surface area contributed by atoms with Gasteiger partial charge in [-0.1, -0.05) is 0 Å². The molecule has 0 aliphatic rings. The highest BCUT2D eigenvalue weighted by molar-refractivity contribution is 14.1. The van der Waals surface area contributed by atoms with Crippen molar-refractivity contribution in [3.63, 3.8) is 0 Å². The SMILES string of the molecule is O=Cc1c(C(=O)O)[nH]c2cc(I)sc12. The van der Waals surface area contributed by atoms with Gasteiger partial charge in [-0.2, -0.15) is 0 Å². The van der Waals surface area contributed by atoms with Crippen LogP contribution in [0.15, 0.2) is 6.07 Å². The van der Waals surface area contributed by atoms with Gasteiger partial charge in [0.1, 0.15) is 5.69 Å². The minimum atomic E-state index is -1.11. The average Bonchev–Trinajstić information content (AvgIpc) is 2.59. The lowest BCUT2D eigenvalue weighted by molar-refractivity contribution is 0.0688. The van der Waals surface area contributed by atoms with E-state index in [1.807, 2.05) is 6.07 Å². The molecule has 0 unspecified atom stereocenters. The van der Waals surface area contributed by atoms with Gasteiger partial charge in [-0.15, -0.1) is 11.3 Å². The van der Waals surface area contributed by atoms with E-state index in [1.54, 1.807) is 0 Å². The van der Waals surface area contributed by atoms with Gasteiger partial charge in [0.05, 0.1) is 18.7 Å². The van der Waals surface area contributed by atoms with Crippen molar-refractivity contribution in [1.29, 1.82) is 0 Å². The minimum absolute atomic E-state index is 0.0300. The minimum Gasteiger partial charge on any atom is -0.477 e. The Bertz CT molecular complexity index is 528. The summed E-state index contributed by atoms with van der Waals surface area (Å²) in [4.78, 5) is 24.2. The molecule has 0 bridgehead atoms. The number of H-pyrrole nitrogens is 1. The Hall–Kier alpha value is -0.890. The molecule has 2 aromatic heterocycles. The lowest BCUT2D eigenvalue weighted by Crippen LogP contribution is -2.00. The lowest BCUT2D eigenvalue weighted by atomic mass is 10.2.